The third-order valence-electron chi connectivity index (χ3n) is 3.80. The summed E-state index contributed by atoms with van der Waals surface area (Å²) in [6, 6.07) is 8.18. The molecule has 1 aliphatic rings. The maximum Gasteiger partial charge on any atom is 0.246 e. The quantitative estimate of drug-likeness (QED) is 0.803. The van der Waals surface area contributed by atoms with E-state index in [0.717, 1.165) is 43.9 Å². The molecule has 0 aromatic carbocycles. The molecule has 2 aromatic heterocycles. The zero-order valence-electron chi connectivity index (χ0n) is 12.3. The first kappa shape index (κ1) is 13.8. The maximum atomic E-state index is 11.8. The van der Waals surface area contributed by atoms with E-state index in [1.807, 2.05) is 34.7 Å². The highest BCUT2D eigenvalue weighted by Crippen LogP contribution is 2.11. The number of rotatable bonds is 3. The van der Waals surface area contributed by atoms with Gasteiger partial charge in [-0.2, -0.15) is 5.10 Å². The standard InChI is InChI=1S/C16H20N4O/c1-2-5-16(21)19-10-8-18(9-11-19)13-14-12-15-6-3-4-7-20(15)17-14/h2-7,12H,8-11,13H2,1H3/b5-2+. The van der Waals surface area contributed by atoms with Gasteiger partial charge >= 0.3 is 0 Å². The van der Waals surface area contributed by atoms with Gasteiger partial charge in [-0.1, -0.05) is 12.1 Å². The van der Waals surface area contributed by atoms with Crippen LogP contribution < -0.4 is 0 Å². The monoisotopic (exact) mass is 284 g/mol. The smallest absolute Gasteiger partial charge is 0.246 e. The van der Waals surface area contributed by atoms with Crippen LogP contribution in [0.1, 0.15) is 12.6 Å². The van der Waals surface area contributed by atoms with E-state index in [9.17, 15) is 4.79 Å². The molecule has 0 radical (unpaired) electrons. The van der Waals surface area contributed by atoms with Gasteiger partial charge in [0.2, 0.25) is 5.91 Å². The van der Waals surface area contributed by atoms with Crippen molar-refractivity contribution in [3.05, 3.63) is 48.3 Å². The lowest BCUT2D eigenvalue weighted by Crippen LogP contribution is -2.47. The average molecular weight is 284 g/mol. The van der Waals surface area contributed by atoms with Crippen molar-refractivity contribution in [2.45, 2.75) is 13.5 Å². The molecule has 0 spiro atoms. The van der Waals surface area contributed by atoms with E-state index in [0.29, 0.717) is 0 Å². The second-order valence-electron chi connectivity index (χ2n) is 5.31. The number of carbonyl (C=O) groups is 1. The van der Waals surface area contributed by atoms with E-state index in [-0.39, 0.29) is 5.91 Å². The van der Waals surface area contributed by atoms with Crippen molar-refractivity contribution >= 4 is 11.4 Å². The summed E-state index contributed by atoms with van der Waals surface area (Å²) in [5.41, 5.74) is 2.20. The minimum atomic E-state index is 0.116. The molecule has 3 rings (SSSR count). The Morgan fingerprint density at radius 3 is 2.81 bits per heavy atom. The molecule has 0 N–H and O–H groups in total. The number of aromatic nitrogens is 2. The summed E-state index contributed by atoms with van der Waals surface area (Å²) in [6.07, 6.45) is 5.40. The fourth-order valence-electron chi connectivity index (χ4n) is 2.67. The first-order chi connectivity index (χ1) is 10.3. The van der Waals surface area contributed by atoms with Crippen molar-refractivity contribution in [1.29, 1.82) is 0 Å². The van der Waals surface area contributed by atoms with Crippen molar-refractivity contribution < 1.29 is 4.79 Å². The van der Waals surface area contributed by atoms with Gasteiger partial charge in [0.25, 0.3) is 0 Å². The Kier molecular flexibility index (Phi) is 4.01. The molecule has 0 saturated carbocycles. The van der Waals surface area contributed by atoms with E-state index in [4.69, 9.17) is 0 Å². The first-order valence-corrected chi connectivity index (χ1v) is 7.33. The molecule has 1 saturated heterocycles. The van der Waals surface area contributed by atoms with Crippen LogP contribution in [0, 0.1) is 0 Å². The van der Waals surface area contributed by atoms with Gasteiger partial charge in [0, 0.05) is 38.9 Å². The predicted octanol–water partition coefficient (Wildman–Crippen LogP) is 1.55. The molecule has 110 valence electrons. The topological polar surface area (TPSA) is 40.9 Å². The van der Waals surface area contributed by atoms with Gasteiger partial charge in [-0.3, -0.25) is 9.69 Å². The molecule has 1 fully saturated rings. The van der Waals surface area contributed by atoms with E-state index in [1.165, 1.54) is 0 Å². The van der Waals surface area contributed by atoms with Crippen LogP contribution in [0.15, 0.2) is 42.6 Å². The predicted molar refractivity (Wildman–Crippen MR) is 81.9 cm³/mol. The number of amides is 1. The zero-order chi connectivity index (χ0) is 14.7. The highest BCUT2D eigenvalue weighted by molar-refractivity contribution is 5.87. The molecular formula is C16H20N4O. The first-order valence-electron chi connectivity index (χ1n) is 7.33. The molecular weight excluding hydrogens is 264 g/mol. The number of piperazine rings is 1. The third kappa shape index (κ3) is 3.13. The van der Waals surface area contributed by atoms with E-state index < -0.39 is 0 Å². The second-order valence-corrected chi connectivity index (χ2v) is 5.31. The molecule has 21 heavy (non-hydrogen) atoms. The van der Waals surface area contributed by atoms with Crippen molar-refractivity contribution in [2.75, 3.05) is 26.2 Å². The highest BCUT2D eigenvalue weighted by Gasteiger charge is 2.20. The van der Waals surface area contributed by atoms with Crippen LogP contribution in [0.2, 0.25) is 0 Å². The largest absolute Gasteiger partial charge is 0.337 e. The molecule has 5 heteroatoms. The van der Waals surface area contributed by atoms with E-state index in [2.05, 4.69) is 22.1 Å². The second kappa shape index (κ2) is 6.10. The van der Waals surface area contributed by atoms with Crippen molar-refractivity contribution in [2.24, 2.45) is 0 Å². The number of pyridine rings is 1. The van der Waals surface area contributed by atoms with Gasteiger partial charge < -0.3 is 4.90 Å². The zero-order valence-corrected chi connectivity index (χ0v) is 12.3. The van der Waals surface area contributed by atoms with Crippen molar-refractivity contribution in [1.82, 2.24) is 19.4 Å². The van der Waals surface area contributed by atoms with Gasteiger partial charge in [0.1, 0.15) is 0 Å². The Morgan fingerprint density at radius 2 is 2.10 bits per heavy atom. The maximum absolute atomic E-state index is 11.8. The summed E-state index contributed by atoms with van der Waals surface area (Å²) >= 11 is 0. The van der Waals surface area contributed by atoms with Crippen LogP contribution in [-0.2, 0) is 11.3 Å². The molecule has 2 aromatic rings. The Labute approximate surface area is 124 Å². The van der Waals surface area contributed by atoms with Gasteiger partial charge in [-0.15, -0.1) is 0 Å². The molecule has 5 nitrogen and oxygen atoms in total. The summed E-state index contributed by atoms with van der Waals surface area (Å²) < 4.78 is 1.90. The van der Waals surface area contributed by atoms with Crippen LogP contribution in [0.25, 0.3) is 5.52 Å². The molecule has 0 atom stereocenters. The molecule has 0 bridgehead atoms. The van der Waals surface area contributed by atoms with Crippen LogP contribution in [-0.4, -0.2) is 51.5 Å². The molecule has 0 unspecified atom stereocenters. The van der Waals surface area contributed by atoms with Gasteiger partial charge in [-0.25, -0.2) is 4.52 Å². The number of hydrogen-bond donors (Lipinski definition) is 0. The van der Waals surface area contributed by atoms with E-state index in [1.54, 1.807) is 12.2 Å². The Bertz CT molecular complexity index is 620. The Hall–Kier alpha value is -2.14. The molecule has 1 amide bonds. The molecule has 3 heterocycles. The van der Waals surface area contributed by atoms with Crippen LogP contribution in [0.4, 0.5) is 0 Å². The third-order valence-corrected chi connectivity index (χ3v) is 3.80. The lowest BCUT2D eigenvalue weighted by atomic mass is 10.2. The Balaban J connectivity index is 1.59. The summed E-state index contributed by atoms with van der Waals surface area (Å²) in [5.74, 6) is 0.116. The van der Waals surface area contributed by atoms with Gasteiger partial charge in [0.15, 0.2) is 0 Å². The molecule has 1 aliphatic heterocycles. The van der Waals surface area contributed by atoms with Crippen molar-refractivity contribution in [3.8, 4) is 0 Å². The van der Waals surface area contributed by atoms with Crippen LogP contribution in [0.3, 0.4) is 0 Å². The lowest BCUT2D eigenvalue weighted by Gasteiger charge is -2.33. The summed E-state index contributed by atoms with van der Waals surface area (Å²) in [5, 5.41) is 4.57. The Morgan fingerprint density at radius 1 is 1.29 bits per heavy atom. The SMILES string of the molecule is C/C=C/C(=O)N1CCN(Cc2cc3ccccn3n2)CC1. The minimum absolute atomic E-state index is 0.116. The summed E-state index contributed by atoms with van der Waals surface area (Å²) in [6.45, 7) is 6.09. The summed E-state index contributed by atoms with van der Waals surface area (Å²) in [4.78, 5) is 16.0. The fourth-order valence-corrected chi connectivity index (χ4v) is 2.67. The molecule has 0 aliphatic carbocycles. The van der Waals surface area contributed by atoms with Gasteiger partial charge in [-0.05, 0) is 31.2 Å². The van der Waals surface area contributed by atoms with Crippen LogP contribution in [0.5, 0.6) is 0 Å². The normalized spacial score (nSPS) is 16.9. The number of carbonyl (C=O) groups excluding carboxylic acids is 1. The number of hydrogen-bond acceptors (Lipinski definition) is 3. The van der Waals surface area contributed by atoms with E-state index >= 15 is 0 Å². The van der Waals surface area contributed by atoms with Crippen molar-refractivity contribution in [3.63, 3.8) is 0 Å². The van der Waals surface area contributed by atoms with Crippen LogP contribution >= 0.6 is 0 Å². The number of nitrogens with zero attached hydrogens (tertiary/aromatic N) is 4. The average Bonchev–Trinajstić information content (AvgIpc) is 2.90. The highest BCUT2D eigenvalue weighted by atomic mass is 16.2. The minimum Gasteiger partial charge on any atom is -0.337 e. The summed E-state index contributed by atoms with van der Waals surface area (Å²) in [7, 11) is 0. The lowest BCUT2D eigenvalue weighted by molar-refractivity contribution is -0.127. The van der Waals surface area contributed by atoms with Gasteiger partial charge in [0.05, 0.1) is 11.2 Å². The fraction of sp³-hybridized carbons (Fsp3) is 0.375. The number of fused-ring (bicyclic) bond motifs is 1. The number of allylic oxidation sites excluding steroid dienone is 1.